The van der Waals surface area contributed by atoms with Crippen LogP contribution in [0.25, 0.3) is 10.9 Å². The largest absolute Gasteiger partial charge is 0.457 e. The summed E-state index contributed by atoms with van der Waals surface area (Å²) in [5.74, 6) is 0.999. The van der Waals surface area contributed by atoms with E-state index in [2.05, 4.69) is 10.3 Å². The maximum atomic E-state index is 13.9. The van der Waals surface area contributed by atoms with Crippen LogP contribution in [0.3, 0.4) is 0 Å². The van der Waals surface area contributed by atoms with Gasteiger partial charge in [0, 0.05) is 39.8 Å². The number of rotatable bonds is 5. The van der Waals surface area contributed by atoms with Gasteiger partial charge >= 0.3 is 0 Å². The Morgan fingerprint density at radius 2 is 1.72 bits per heavy atom. The first-order valence-corrected chi connectivity index (χ1v) is 11.7. The molecule has 6 rings (SSSR count). The van der Waals surface area contributed by atoms with Crippen molar-refractivity contribution in [2.75, 3.05) is 10.2 Å². The predicted molar refractivity (Wildman–Crippen MR) is 140 cm³/mol. The lowest BCUT2D eigenvalue weighted by Crippen LogP contribution is -2.22. The first-order chi connectivity index (χ1) is 17.5. The van der Waals surface area contributed by atoms with Gasteiger partial charge in [-0.15, -0.1) is 0 Å². The summed E-state index contributed by atoms with van der Waals surface area (Å²) in [6.45, 7) is 2.37. The van der Waals surface area contributed by atoms with E-state index in [9.17, 15) is 9.18 Å². The van der Waals surface area contributed by atoms with Crippen LogP contribution in [-0.4, -0.2) is 10.9 Å². The molecule has 0 aliphatic carbocycles. The van der Waals surface area contributed by atoms with Gasteiger partial charge in [0.25, 0.3) is 5.91 Å². The van der Waals surface area contributed by atoms with Crippen LogP contribution >= 0.6 is 0 Å². The first-order valence-electron chi connectivity index (χ1n) is 11.7. The number of benzene rings is 4. The van der Waals surface area contributed by atoms with Gasteiger partial charge in [-0.05, 0) is 73.2 Å². The monoisotopic (exact) mass is 475 g/mol. The van der Waals surface area contributed by atoms with E-state index in [-0.39, 0.29) is 11.7 Å². The molecule has 0 saturated heterocycles. The zero-order chi connectivity index (χ0) is 24.6. The number of nitrogens with zero attached hydrogens (tertiary/aromatic N) is 2. The number of fused-ring (bicyclic) bond motifs is 2. The summed E-state index contributed by atoms with van der Waals surface area (Å²) in [4.78, 5) is 19.6. The Labute approximate surface area is 207 Å². The van der Waals surface area contributed by atoms with Crippen molar-refractivity contribution in [2.45, 2.75) is 13.5 Å². The van der Waals surface area contributed by atoms with Crippen LogP contribution in [0.5, 0.6) is 11.5 Å². The number of anilines is 3. The van der Waals surface area contributed by atoms with Crippen LogP contribution in [0.4, 0.5) is 21.5 Å². The Bertz CT molecular complexity index is 1620. The van der Waals surface area contributed by atoms with Gasteiger partial charge < -0.3 is 15.0 Å². The zero-order valence-electron chi connectivity index (χ0n) is 19.5. The maximum absolute atomic E-state index is 13.9. The van der Waals surface area contributed by atoms with E-state index < -0.39 is 0 Å². The fourth-order valence-corrected chi connectivity index (χ4v) is 4.52. The number of hydrogen-bond donors (Lipinski definition) is 1. The molecule has 0 bridgehead atoms. The van der Waals surface area contributed by atoms with Crippen molar-refractivity contribution in [1.82, 2.24) is 4.98 Å². The van der Waals surface area contributed by atoms with E-state index in [1.54, 1.807) is 11.0 Å². The summed E-state index contributed by atoms with van der Waals surface area (Å²) in [6.07, 6.45) is 0. The molecule has 2 heterocycles. The van der Waals surface area contributed by atoms with Gasteiger partial charge in [0.2, 0.25) is 0 Å². The summed E-state index contributed by atoms with van der Waals surface area (Å²) < 4.78 is 19.9. The highest BCUT2D eigenvalue weighted by Crippen LogP contribution is 2.34. The molecule has 5 aromatic rings. The Morgan fingerprint density at radius 3 is 2.58 bits per heavy atom. The van der Waals surface area contributed by atoms with Crippen molar-refractivity contribution >= 4 is 33.9 Å². The minimum absolute atomic E-state index is 0.0766. The lowest BCUT2D eigenvalue weighted by atomic mass is 10.1. The Kier molecular flexibility index (Phi) is 5.34. The van der Waals surface area contributed by atoms with Crippen LogP contribution in [0, 0.1) is 12.7 Å². The topological polar surface area (TPSA) is 54.5 Å². The zero-order valence-corrected chi connectivity index (χ0v) is 19.5. The maximum Gasteiger partial charge on any atom is 0.259 e. The first kappa shape index (κ1) is 21.8. The second kappa shape index (κ2) is 8.82. The number of aryl methyl sites for hydroxylation is 1. The number of halogens is 1. The molecule has 0 atom stereocenters. The molecule has 36 heavy (non-hydrogen) atoms. The molecule has 1 aromatic heterocycles. The van der Waals surface area contributed by atoms with Crippen molar-refractivity contribution in [3.8, 4) is 11.5 Å². The van der Waals surface area contributed by atoms with Gasteiger partial charge in [0.15, 0.2) is 0 Å². The molecular weight excluding hydrogens is 453 g/mol. The van der Waals surface area contributed by atoms with Crippen molar-refractivity contribution in [3.63, 3.8) is 0 Å². The third-order valence-electron chi connectivity index (χ3n) is 6.20. The molecule has 1 amide bonds. The van der Waals surface area contributed by atoms with Gasteiger partial charge in [-0.25, -0.2) is 4.39 Å². The lowest BCUT2D eigenvalue weighted by Gasteiger charge is -2.17. The molecule has 0 fully saturated rings. The fraction of sp³-hybridized carbons (Fsp3) is 0.0667. The number of para-hydroxylation sites is 1. The summed E-state index contributed by atoms with van der Waals surface area (Å²) >= 11 is 0. The van der Waals surface area contributed by atoms with E-state index in [0.717, 1.165) is 34.1 Å². The van der Waals surface area contributed by atoms with Crippen LogP contribution < -0.4 is 15.0 Å². The molecule has 5 nitrogen and oxygen atoms in total. The third kappa shape index (κ3) is 4.14. The standard InChI is InChI=1S/C30H22FN3O2/c1-19-14-29(27-15-21(31)11-13-28(27)32-19)33-22-12-10-20-18-34(30(35)26(20)16-22)23-6-5-9-25(17-23)36-24-7-3-2-4-8-24/h2-17H,18H2,1H3,(H,32,33). The van der Waals surface area contributed by atoms with E-state index in [0.29, 0.717) is 28.8 Å². The highest BCUT2D eigenvalue weighted by molar-refractivity contribution is 6.10. The molecule has 0 unspecified atom stereocenters. The number of ether oxygens (including phenoxy) is 1. The number of hydrogen-bond acceptors (Lipinski definition) is 4. The summed E-state index contributed by atoms with van der Waals surface area (Å²) in [5.41, 5.74) is 5.37. The van der Waals surface area contributed by atoms with E-state index >= 15 is 0 Å². The molecule has 0 radical (unpaired) electrons. The molecule has 0 saturated carbocycles. The number of nitrogens with one attached hydrogen (secondary N) is 1. The average molecular weight is 476 g/mol. The Morgan fingerprint density at radius 1 is 0.889 bits per heavy atom. The van der Waals surface area contributed by atoms with Crippen LogP contribution in [-0.2, 0) is 6.54 Å². The SMILES string of the molecule is Cc1cc(Nc2ccc3c(c2)C(=O)N(c2cccc(Oc4ccccc4)c2)C3)c2cc(F)ccc2n1. The predicted octanol–water partition coefficient (Wildman–Crippen LogP) is 7.38. The van der Waals surface area contributed by atoms with Gasteiger partial charge in [0.05, 0.1) is 12.1 Å². The Hall–Kier alpha value is -4.71. The van der Waals surface area contributed by atoms with Crippen LogP contribution in [0.15, 0.2) is 97.1 Å². The summed E-state index contributed by atoms with van der Waals surface area (Å²) in [5, 5.41) is 4.04. The molecule has 1 aliphatic heterocycles. The van der Waals surface area contributed by atoms with Crippen LogP contribution in [0.2, 0.25) is 0 Å². The van der Waals surface area contributed by atoms with E-state index in [1.165, 1.54) is 12.1 Å². The highest BCUT2D eigenvalue weighted by Gasteiger charge is 2.29. The molecule has 0 spiro atoms. The van der Waals surface area contributed by atoms with Gasteiger partial charge in [-0.1, -0.05) is 30.3 Å². The molecular formula is C30H22FN3O2. The quantitative estimate of drug-likeness (QED) is 0.288. The molecule has 1 N–H and O–H groups in total. The molecule has 4 aromatic carbocycles. The minimum atomic E-state index is -0.325. The lowest BCUT2D eigenvalue weighted by molar-refractivity contribution is 0.0996. The van der Waals surface area contributed by atoms with Crippen molar-refractivity contribution in [3.05, 3.63) is 120 Å². The molecule has 176 valence electrons. The van der Waals surface area contributed by atoms with Crippen molar-refractivity contribution in [2.24, 2.45) is 0 Å². The molecule has 6 heteroatoms. The summed E-state index contributed by atoms with van der Waals surface area (Å²) in [6, 6.07) is 29.2. The van der Waals surface area contributed by atoms with E-state index in [1.807, 2.05) is 85.8 Å². The van der Waals surface area contributed by atoms with Gasteiger partial charge in [0.1, 0.15) is 17.3 Å². The number of aromatic nitrogens is 1. The normalized spacial score (nSPS) is 12.6. The fourth-order valence-electron chi connectivity index (χ4n) is 4.52. The number of carbonyl (C=O) groups is 1. The summed E-state index contributed by atoms with van der Waals surface area (Å²) in [7, 11) is 0. The smallest absolute Gasteiger partial charge is 0.259 e. The Balaban J connectivity index is 1.27. The third-order valence-corrected chi connectivity index (χ3v) is 6.20. The van der Waals surface area contributed by atoms with Crippen molar-refractivity contribution in [1.29, 1.82) is 0 Å². The number of pyridine rings is 1. The van der Waals surface area contributed by atoms with Crippen LogP contribution in [0.1, 0.15) is 21.6 Å². The second-order valence-corrected chi connectivity index (χ2v) is 8.77. The molecule has 1 aliphatic rings. The minimum Gasteiger partial charge on any atom is -0.457 e. The van der Waals surface area contributed by atoms with Crippen molar-refractivity contribution < 1.29 is 13.9 Å². The van der Waals surface area contributed by atoms with E-state index in [4.69, 9.17) is 4.74 Å². The second-order valence-electron chi connectivity index (χ2n) is 8.77. The number of carbonyl (C=O) groups excluding carboxylic acids is 1. The number of amides is 1. The van der Waals surface area contributed by atoms with Gasteiger partial charge in [-0.3, -0.25) is 9.78 Å². The average Bonchev–Trinajstić information content (AvgIpc) is 3.21. The highest BCUT2D eigenvalue weighted by atomic mass is 19.1. The van der Waals surface area contributed by atoms with Gasteiger partial charge in [-0.2, -0.15) is 0 Å².